The molecule has 1 unspecified atom stereocenters. The summed E-state index contributed by atoms with van der Waals surface area (Å²) >= 11 is 0. The first-order chi connectivity index (χ1) is 7.66. The highest BCUT2D eigenvalue weighted by Gasteiger charge is 2.22. The molecule has 0 bridgehead atoms. The molecule has 0 aliphatic carbocycles. The fraction of sp³-hybridized carbons (Fsp3) is 0.636. The molecule has 2 rings (SSSR count). The van der Waals surface area contributed by atoms with E-state index >= 15 is 0 Å². The predicted molar refractivity (Wildman–Crippen MR) is 65.4 cm³/mol. The van der Waals surface area contributed by atoms with E-state index in [1.165, 1.54) is 25.7 Å². The van der Waals surface area contributed by atoms with Gasteiger partial charge in [-0.2, -0.15) is 0 Å². The first-order valence-corrected chi connectivity index (χ1v) is 5.65. The molecule has 2 heterocycles. The Morgan fingerprint density at radius 3 is 3.00 bits per heavy atom. The van der Waals surface area contributed by atoms with Crippen LogP contribution in [0.4, 0.5) is 11.6 Å². The fourth-order valence-electron chi connectivity index (χ4n) is 2.19. The number of rotatable bonds is 3. The van der Waals surface area contributed by atoms with Gasteiger partial charge in [-0.3, -0.25) is 0 Å². The highest BCUT2D eigenvalue weighted by atomic mass is 15.2. The Hall–Kier alpha value is -1.36. The number of nitrogens with two attached hydrogens (primary N) is 1. The van der Waals surface area contributed by atoms with Crippen molar-refractivity contribution in [3.05, 3.63) is 12.4 Å². The maximum Gasteiger partial charge on any atom is 0.133 e. The van der Waals surface area contributed by atoms with E-state index in [1.807, 2.05) is 13.1 Å². The van der Waals surface area contributed by atoms with Crippen LogP contribution in [0.15, 0.2) is 12.4 Å². The molecule has 1 aromatic heterocycles. The molecule has 0 radical (unpaired) electrons. The minimum Gasteiger partial charge on any atom is -0.384 e. The smallest absolute Gasteiger partial charge is 0.133 e. The third-order valence-corrected chi connectivity index (χ3v) is 3.22. The number of anilines is 2. The minimum atomic E-state index is 0.525. The highest BCUT2D eigenvalue weighted by Crippen LogP contribution is 2.18. The van der Waals surface area contributed by atoms with Crippen LogP contribution in [-0.4, -0.2) is 48.1 Å². The zero-order chi connectivity index (χ0) is 11.5. The van der Waals surface area contributed by atoms with Gasteiger partial charge in [-0.05, 0) is 26.4 Å². The van der Waals surface area contributed by atoms with Gasteiger partial charge in [0.15, 0.2) is 0 Å². The molecule has 0 spiro atoms. The van der Waals surface area contributed by atoms with Crippen LogP contribution >= 0.6 is 0 Å². The molecule has 5 nitrogen and oxygen atoms in total. The van der Waals surface area contributed by atoms with E-state index in [-0.39, 0.29) is 0 Å². The molecule has 1 aliphatic rings. The van der Waals surface area contributed by atoms with E-state index < -0.39 is 0 Å². The normalized spacial score (nSPS) is 21.2. The van der Waals surface area contributed by atoms with Crippen LogP contribution in [0, 0.1) is 0 Å². The molecule has 1 aromatic rings. The zero-order valence-corrected chi connectivity index (χ0v) is 9.93. The highest BCUT2D eigenvalue weighted by molar-refractivity contribution is 5.45. The van der Waals surface area contributed by atoms with Crippen molar-refractivity contribution in [1.82, 2.24) is 14.9 Å². The molecule has 16 heavy (non-hydrogen) atoms. The molecule has 0 aromatic carbocycles. The Morgan fingerprint density at radius 2 is 2.38 bits per heavy atom. The van der Waals surface area contributed by atoms with Crippen molar-refractivity contribution in [2.75, 3.05) is 37.8 Å². The van der Waals surface area contributed by atoms with Crippen LogP contribution in [0.3, 0.4) is 0 Å². The molecule has 0 saturated carbocycles. The average Bonchev–Trinajstić information content (AvgIpc) is 2.64. The quantitative estimate of drug-likeness (QED) is 0.809. The zero-order valence-electron chi connectivity index (χ0n) is 9.93. The monoisotopic (exact) mass is 221 g/mol. The van der Waals surface area contributed by atoms with Crippen molar-refractivity contribution in [2.24, 2.45) is 0 Å². The number of hydrogen-bond donors (Lipinski definition) is 1. The Kier molecular flexibility index (Phi) is 3.24. The first kappa shape index (κ1) is 11.1. The second-order valence-corrected chi connectivity index (χ2v) is 4.46. The van der Waals surface area contributed by atoms with E-state index in [0.29, 0.717) is 11.9 Å². The molecule has 88 valence electrons. The van der Waals surface area contributed by atoms with Crippen molar-refractivity contribution >= 4 is 11.6 Å². The summed E-state index contributed by atoms with van der Waals surface area (Å²) in [5.74, 6) is 1.42. The summed E-state index contributed by atoms with van der Waals surface area (Å²) in [4.78, 5) is 12.7. The Morgan fingerprint density at radius 1 is 1.56 bits per heavy atom. The topological polar surface area (TPSA) is 58.3 Å². The van der Waals surface area contributed by atoms with Crippen LogP contribution in [0.1, 0.15) is 12.8 Å². The lowest BCUT2D eigenvalue weighted by atomic mass is 10.2. The van der Waals surface area contributed by atoms with Gasteiger partial charge in [0, 0.05) is 25.7 Å². The van der Waals surface area contributed by atoms with Crippen LogP contribution in [0.2, 0.25) is 0 Å². The number of aromatic nitrogens is 2. The van der Waals surface area contributed by atoms with Crippen LogP contribution in [-0.2, 0) is 0 Å². The lowest BCUT2D eigenvalue weighted by molar-refractivity contribution is 0.314. The summed E-state index contributed by atoms with van der Waals surface area (Å²) in [6, 6.07) is 2.44. The van der Waals surface area contributed by atoms with Gasteiger partial charge in [0.1, 0.15) is 18.0 Å². The van der Waals surface area contributed by atoms with Crippen molar-refractivity contribution in [3.63, 3.8) is 0 Å². The van der Waals surface area contributed by atoms with Gasteiger partial charge in [-0.1, -0.05) is 0 Å². The summed E-state index contributed by atoms with van der Waals surface area (Å²) < 4.78 is 0. The maximum atomic E-state index is 5.64. The average molecular weight is 221 g/mol. The molecular formula is C11H19N5. The largest absolute Gasteiger partial charge is 0.384 e. The Bertz CT molecular complexity index is 354. The Balaban J connectivity index is 1.99. The van der Waals surface area contributed by atoms with Crippen molar-refractivity contribution in [3.8, 4) is 0 Å². The van der Waals surface area contributed by atoms with Gasteiger partial charge in [0.2, 0.25) is 0 Å². The van der Waals surface area contributed by atoms with Gasteiger partial charge in [0.25, 0.3) is 0 Å². The van der Waals surface area contributed by atoms with Crippen molar-refractivity contribution in [2.45, 2.75) is 18.9 Å². The summed E-state index contributed by atoms with van der Waals surface area (Å²) in [6.45, 7) is 2.19. The molecule has 2 N–H and O–H groups in total. The summed E-state index contributed by atoms with van der Waals surface area (Å²) in [6.07, 6.45) is 4.07. The second-order valence-electron chi connectivity index (χ2n) is 4.46. The molecule has 0 amide bonds. The molecule has 1 aliphatic heterocycles. The number of nitrogen functional groups attached to an aromatic ring is 1. The van der Waals surface area contributed by atoms with Crippen LogP contribution in [0.5, 0.6) is 0 Å². The molecule has 5 heteroatoms. The molecular weight excluding hydrogens is 202 g/mol. The number of likely N-dealkylation sites (N-methyl/N-ethyl adjacent to an activating group) is 2. The number of likely N-dealkylation sites (tertiary alicyclic amines) is 1. The maximum absolute atomic E-state index is 5.64. The standard InChI is InChI=1S/C11H19N5/c1-15-5-3-4-9(15)7-16(2)11-6-10(12)13-8-14-11/h6,8-9H,3-5,7H2,1-2H3,(H2,12,13,14). The third kappa shape index (κ3) is 2.41. The molecule has 1 saturated heterocycles. The molecule has 1 fully saturated rings. The summed E-state index contributed by atoms with van der Waals surface area (Å²) in [7, 11) is 4.23. The first-order valence-electron chi connectivity index (χ1n) is 5.65. The number of hydrogen-bond acceptors (Lipinski definition) is 5. The van der Waals surface area contributed by atoms with Crippen LogP contribution < -0.4 is 10.6 Å². The van der Waals surface area contributed by atoms with E-state index in [4.69, 9.17) is 5.73 Å². The lowest BCUT2D eigenvalue weighted by Gasteiger charge is -2.26. The van der Waals surface area contributed by atoms with Gasteiger partial charge in [-0.25, -0.2) is 9.97 Å². The van der Waals surface area contributed by atoms with E-state index in [2.05, 4.69) is 26.8 Å². The minimum absolute atomic E-state index is 0.525. The predicted octanol–water partition coefficient (Wildman–Crippen LogP) is 0.589. The van der Waals surface area contributed by atoms with Gasteiger partial charge < -0.3 is 15.5 Å². The van der Waals surface area contributed by atoms with E-state index in [0.717, 1.165) is 12.4 Å². The third-order valence-electron chi connectivity index (χ3n) is 3.22. The van der Waals surface area contributed by atoms with Crippen LogP contribution in [0.25, 0.3) is 0 Å². The van der Waals surface area contributed by atoms with E-state index in [9.17, 15) is 0 Å². The lowest BCUT2D eigenvalue weighted by Crippen LogP contribution is -2.37. The molecule has 1 atom stereocenters. The number of nitrogens with zero attached hydrogens (tertiary/aromatic N) is 4. The summed E-state index contributed by atoms with van der Waals surface area (Å²) in [5, 5.41) is 0. The Labute approximate surface area is 96.3 Å². The van der Waals surface area contributed by atoms with Gasteiger partial charge in [0.05, 0.1) is 0 Å². The van der Waals surface area contributed by atoms with Crippen molar-refractivity contribution in [1.29, 1.82) is 0 Å². The van der Waals surface area contributed by atoms with Gasteiger partial charge in [-0.15, -0.1) is 0 Å². The second kappa shape index (κ2) is 4.65. The SMILES string of the molecule is CN(CC1CCCN1C)c1cc(N)ncn1. The summed E-state index contributed by atoms with van der Waals surface area (Å²) in [5.41, 5.74) is 5.64. The fourth-order valence-corrected chi connectivity index (χ4v) is 2.19. The van der Waals surface area contributed by atoms with Crippen molar-refractivity contribution < 1.29 is 0 Å². The van der Waals surface area contributed by atoms with E-state index in [1.54, 1.807) is 0 Å². The van der Waals surface area contributed by atoms with Gasteiger partial charge >= 0.3 is 0 Å².